The van der Waals surface area contributed by atoms with Crippen LogP contribution in [-0.4, -0.2) is 16.1 Å². The third kappa shape index (κ3) is 2.85. The lowest BCUT2D eigenvalue weighted by Gasteiger charge is -2.06. The highest BCUT2D eigenvalue weighted by atomic mass is 79.9. The molecule has 0 radical (unpaired) electrons. The SMILES string of the molecule is O=C(NCc1[nH]ncc1Br)c1cccc(Cl)c1Cl. The van der Waals surface area contributed by atoms with Crippen LogP contribution in [0.4, 0.5) is 0 Å². The number of H-pyrrole nitrogens is 1. The van der Waals surface area contributed by atoms with Crippen LogP contribution in [0.25, 0.3) is 0 Å². The maximum Gasteiger partial charge on any atom is 0.253 e. The number of nitrogens with one attached hydrogen (secondary N) is 2. The van der Waals surface area contributed by atoms with Gasteiger partial charge in [-0.3, -0.25) is 9.89 Å². The Balaban J connectivity index is 2.09. The van der Waals surface area contributed by atoms with Crippen LogP contribution in [0.3, 0.4) is 0 Å². The Hall–Kier alpha value is -1.04. The zero-order valence-electron chi connectivity index (χ0n) is 9.01. The zero-order valence-corrected chi connectivity index (χ0v) is 12.1. The number of carbonyl (C=O) groups excluding carboxylic acids is 1. The lowest BCUT2D eigenvalue weighted by atomic mass is 10.2. The van der Waals surface area contributed by atoms with E-state index in [2.05, 4.69) is 31.4 Å². The van der Waals surface area contributed by atoms with Crippen LogP contribution in [0.15, 0.2) is 28.9 Å². The van der Waals surface area contributed by atoms with Crippen LogP contribution < -0.4 is 5.32 Å². The first-order chi connectivity index (χ1) is 8.59. The number of hydrogen-bond acceptors (Lipinski definition) is 2. The Bertz CT molecular complexity index is 585. The van der Waals surface area contributed by atoms with Crippen molar-refractivity contribution in [3.63, 3.8) is 0 Å². The average Bonchev–Trinajstić information content (AvgIpc) is 2.75. The minimum atomic E-state index is -0.288. The van der Waals surface area contributed by atoms with Crippen molar-refractivity contribution in [1.82, 2.24) is 15.5 Å². The van der Waals surface area contributed by atoms with E-state index >= 15 is 0 Å². The highest BCUT2D eigenvalue weighted by Gasteiger charge is 2.13. The normalized spacial score (nSPS) is 10.4. The third-order valence-electron chi connectivity index (χ3n) is 2.29. The molecule has 1 amide bonds. The van der Waals surface area contributed by atoms with Gasteiger partial charge in [-0.1, -0.05) is 29.3 Å². The predicted octanol–water partition coefficient (Wildman–Crippen LogP) is 3.41. The number of halogens is 3. The number of amides is 1. The Morgan fingerprint density at radius 3 is 2.89 bits per heavy atom. The summed E-state index contributed by atoms with van der Waals surface area (Å²) in [4.78, 5) is 11.9. The first-order valence-electron chi connectivity index (χ1n) is 4.99. The minimum Gasteiger partial charge on any atom is -0.346 e. The highest BCUT2D eigenvalue weighted by Crippen LogP contribution is 2.25. The van der Waals surface area contributed by atoms with Crippen LogP contribution in [0, 0.1) is 0 Å². The number of nitrogens with zero attached hydrogens (tertiary/aromatic N) is 1. The van der Waals surface area contributed by atoms with Gasteiger partial charge < -0.3 is 5.32 Å². The fourth-order valence-electron chi connectivity index (χ4n) is 1.37. The van der Waals surface area contributed by atoms with Gasteiger partial charge in [-0.2, -0.15) is 5.10 Å². The van der Waals surface area contributed by atoms with Crippen molar-refractivity contribution in [1.29, 1.82) is 0 Å². The molecular weight excluding hydrogens is 341 g/mol. The van der Waals surface area contributed by atoms with E-state index in [4.69, 9.17) is 23.2 Å². The van der Waals surface area contributed by atoms with Crippen molar-refractivity contribution in [2.24, 2.45) is 0 Å². The van der Waals surface area contributed by atoms with E-state index < -0.39 is 0 Å². The van der Waals surface area contributed by atoms with Gasteiger partial charge in [-0.25, -0.2) is 0 Å². The Morgan fingerprint density at radius 2 is 2.22 bits per heavy atom. The summed E-state index contributed by atoms with van der Waals surface area (Å²) < 4.78 is 0.806. The van der Waals surface area contributed by atoms with Crippen molar-refractivity contribution in [3.05, 3.63) is 50.2 Å². The summed E-state index contributed by atoms with van der Waals surface area (Å²) in [5, 5.41) is 9.93. The Morgan fingerprint density at radius 1 is 1.44 bits per heavy atom. The van der Waals surface area contributed by atoms with E-state index in [1.165, 1.54) is 0 Å². The van der Waals surface area contributed by atoms with Gasteiger partial charge in [0.2, 0.25) is 0 Å². The zero-order chi connectivity index (χ0) is 13.1. The molecular formula is C11H8BrCl2N3O. The molecule has 0 aliphatic rings. The summed E-state index contributed by atoms with van der Waals surface area (Å²) >= 11 is 15.1. The quantitative estimate of drug-likeness (QED) is 0.892. The number of benzene rings is 1. The fourth-order valence-corrected chi connectivity index (χ4v) is 2.08. The number of hydrogen-bond donors (Lipinski definition) is 2. The maximum absolute atomic E-state index is 11.9. The molecule has 0 saturated heterocycles. The fraction of sp³-hybridized carbons (Fsp3) is 0.0909. The second kappa shape index (κ2) is 5.73. The van der Waals surface area contributed by atoms with Crippen LogP contribution in [0.5, 0.6) is 0 Å². The molecule has 0 saturated carbocycles. The largest absolute Gasteiger partial charge is 0.346 e. The van der Waals surface area contributed by atoms with Gasteiger partial charge in [-0.15, -0.1) is 0 Å². The molecule has 2 N–H and O–H groups in total. The second-order valence-electron chi connectivity index (χ2n) is 3.48. The summed E-state index contributed by atoms with van der Waals surface area (Å²) in [6, 6.07) is 4.92. The molecule has 2 aromatic rings. The first-order valence-corrected chi connectivity index (χ1v) is 6.54. The molecule has 0 aliphatic carbocycles. The predicted molar refractivity (Wildman–Crippen MR) is 73.9 cm³/mol. The van der Waals surface area contributed by atoms with Crippen molar-refractivity contribution in [2.75, 3.05) is 0 Å². The number of aromatic amines is 1. The van der Waals surface area contributed by atoms with Crippen LogP contribution >= 0.6 is 39.1 Å². The van der Waals surface area contributed by atoms with Crippen molar-refractivity contribution in [3.8, 4) is 0 Å². The average molecular weight is 349 g/mol. The molecule has 18 heavy (non-hydrogen) atoms. The molecule has 1 aromatic heterocycles. The van der Waals surface area contributed by atoms with Gasteiger partial charge in [0.25, 0.3) is 5.91 Å². The van der Waals surface area contributed by atoms with Gasteiger partial charge in [-0.05, 0) is 28.1 Å². The topological polar surface area (TPSA) is 57.8 Å². The Labute approximate surface area is 122 Å². The van der Waals surface area contributed by atoms with Crippen molar-refractivity contribution in [2.45, 2.75) is 6.54 Å². The summed E-state index contributed by atoms with van der Waals surface area (Å²) in [5.74, 6) is -0.288. The standard InChI is InChI=1S/C11H8BrCl2N3O/c12-7-4-16-17-9(7)5-15-11(18)6-2-1-3-8(13)10(6)14/h1-4H,5H2,(H,15,18)(H,16,17). The molecule has 0 fully saturated rings. The second-order valence-corrected chi connectivity index (χ2v) is 5.12. The molecule has 4 nitrogen and oxygen atoms in total. The van der Waals surface area contributed by atoms with Gasteiger partial charge in [0.15, 0.2) is 0 Å². The van der Waals surface area contributed by atoms with E-state index in [-0.39, 0.29) is 10.9 Å². The molecule has 0 unspecified atom stereocenters. The molecule has 1 heterocycles. The van der Waals surface area contributed by atoms with Gasteiger partial charge in [0.05, 0.1) is 38.5 Å². The summed E-state index contributed by atoms with van der Waals surface area (Å²) in [7, 11) is 0. The first kappa shape index (κ1) is 13.4. The minimum absolute atomic E-state index is 0.250. The van der Waals surface area contributed by atoms with Gasteiger partial charge >= 0.3 is 0 Å². The van der Waals surface area contributed by atoms with Crippen molar-refractivity contribution >= 4 is 45.0 Å². The lowest BCUT2D eigenvalue weighted by molar-refractivity contribution is 0.0950. The molecule has 94 valence electrons. The van der Waals surface area contributed by atoms with Gasteiger partial charge in [0.1, 0.15) is 0 Å². The van der Waals surface area contributed by atoms with E-state index in [0.717, 1.165) is 10.2 Å². The number of aromatic nitrogens is 2. The molecule has 1 aromatic carbocycles. The van der Waals surface area contributed by atoms with Crippen LogP contribution in [0.1, 0.15) is 16.1 Å². The number of rotatable bonds is 3. The van der Waals surface area contributed by atoms with E-state index in [0.29, 0.717) is 17.1 Å². The monoisotopic (exact) mass is 347 g/mol. The molecule has 0 aliphatic heterocycles. The molecule has 0 spiro atoms. The molecule has 0 bridgehead atoms. The van der Waals surface area contributed by atoms with Gasteiger partial charge in [0, 0.05) is 0 Å². The molecule has 0 atom stereocenters. The molecule has 7 heteroatoms. The highest BCUT2D eigenvalue weighted by molar-refractivity contribution is 9.10. The van der Waals surface area contributed by atoms with Crippen LogP contribution in [-0.2, 0) is 6.54 Å². The summed E-state index contributed by atoms with van der Waals surface area (Å²) in [6.45, 7) is 0.322. The van der Waals surface area contributed by atoms with Crippen LogP contribution in [0.2, 0.25) is 10.0 Å². The lowest BCUT2D eigenvalue weighted by Crippen LogP contribution is -2.23. The van der Waals surface area contributed by atoms with Crippen molar-refractivity contribution < 1.29 is 4.79 Å². The van der Waals surface area contributed by atoms with E-state index in [1.54, 1.807) is 24.4 Å². The third-order valence-corrected chi connectivity index (χ3v) is 3.79. The van der Waals surface area contributed by atoms with E-state index in [9.17, 15) is 4.79 Å². The summed E-state index contributed by atoms with van der Waals surface area (Å²) in [5.41, 5.74) is 1.13. The van der Waals surface area contributed by atoms with E-state index in [1.807, 2.05) is 0 Å². The summed E-state index contributed by atoms with van der Waals surface area (Å²) in [6.07, 6.45) is 1.62. The Kier molecular flexibility index (Phi) is 4.27. The smallest absolute Gasteiger partial charge is 0.253 e. The maximum atomic E-state index is 11.9. The number of carbonyl (C=O) groups is 1. The molecule has 2 rings (SSSR count).